The zero-order valence-corrected chi connectivity index (χ0v) is 13.6. The number of aliphatic hydroxyl groups is 1. The fraction of sp³-hybridized carbons (Fsp3) is 0.588. The van der Waals surface area contributed by atoms with Gasteiger partial charge in [-0.2, -0.15) is 0 Å². The molecule has 1 aromatic rings. The average Bonchev–Trinajstić information content (AvgIpc) is 2.52. The molecule has 2 unspecified atom stereocenters. The molecule has 1 aromatic carbocycles. The summed E-state index contributed by atoms with van der Waals surface area (Å²) in [5.74, 6) is -1.20. The van der Waals surface area contributed by atoms with Crippen LogP contribution in [0.3, 0.4) is 0 Å². The minimum absolute atomic E-state index is 0.177. The van der Waals surface area contributed by atoms with E-state index in [1.165, 1.54) is 12.1 Å². The number of aliphatic hydroxyl groups excluding tert-OH is 1. The second kappa shape index (κ2) is 7.73. The number of urea groups is 1. The van der Waals surface area contributed by atoms with Crippen molar-refractivity contribution < 1.29 is 18.7 Å². The van der Waals surface area contributed by atoms with Crippen molar-refractivity contribution in [3.05, 3.63) is 35.4 Å². The Labute approximate surface area is 135 Å². The molecular formula is C17H24F2N2O2. The maximum Gasteiger partial charge on any atom is 0.317 e. The number of amides is 2. The molecule has 0 aliphatic carbocycles. The maximum atomic E-state index is 13.7. The number of piperidine rings is 1. The van der Waals surface area contributed by atoms with Crippen LogP contribution in [-0.4, -0.2) is 41.8 Å². The fourth-order valence-corrected chi connectivity index (χ4v) is 2.95. The van der Waals surface area contributed by atoms with Crippen LogP contribution in [0.15, 0.2) is 18.2 Å². The Morgan fingerprint density at radius 3 is 2.57 bits per heavy atom. The lowest BCUT2D eigenvalue weighted by atomic mass is 9.92. The summed E-state index contributed by atoms with van der Waals surface area (Å²) >= 11 is 0. The molecule has 2 rings (SSSR count). The van der Waals surface area contributed by atoms with Crippen LogP contribution < -0.4 is 5.32 Å². The van der Waals surface area contributed by atoms with E-state index in [-0.39, 0.29) is 30.5 Å². The topological polar surface area (TPSA) is 52.6 Å². The first-order chi connectivity index (χ1) is 10.9. The monoisotopic (exact) mass is 326 g/mol. The highest BCUT2D eigenvalue weighted by atomic mass is 19.1. The van der Waals surface area contributed by atoms with Gasteiger partial charge in [0.15, 0.2) is 0 Å². The zero-order chi connectivity index (χ0) is 17.0. The van der Waals surface area contributed by atoms with E-state index in [0.717, 1.165) is 18.9 Å². The number of rotatable bonds is 4. The Kier molecular flexibility index (Phi) is 5.93. The first-order valence-electron chi connectivity index (χ1n) is 8.04. The highest BCUT2D eigenvalue weighted by Gasteiger charge is 2.25. The van der Waals surface area contributed by atoms with Crippen molar-refractivity contribution in [3.63, 3.8) is 0 Å². The van der Waals surface area contributed by atoms with Crippen LogP contribution in [0, 0.1) is 17.6 Å². The lowest BCUT2D eigenvalue weighted by Crippen LogP contribution is -2.46. The van der Waals surface area contributed by atoms with Crippen molar-refractivity contribution in [1.82, 2.24) is 10.2 Å². The maximum absolute atomic E-state index is 13.7. The summed E-state index contributed by atoms with van der Waals surface area (Å²) in [5, 5.41) is 12.4. The molecule has 1 aliphatic rings. The Balaban J connectivity index is 1.82. The van der Waals surface area contributed by atoms with E-state index in [0.29, 0.717) is 18.7 Å². The largest absolute Gasteiger partial charge is 0.393 e. The van der Waals surface area contributed by atoms with Crippen LogP contribution >= 0.6 is 0 Å². The molecule has 0 radical (unpaired) electrons. The molecule has 4 nitrogen and oxygen atoms in total. The van der Waals surface area contributed by atoms with Crippen molar-refractivity contribution in [2.45, 2.75) is 38.7 Å². The van der Waals surface area contributed by atoms with Crippen LogP contribution in [0.5, 0.6) is 0 Å². The number of nitrogens with one attached hydrogen (secondary N) is 1. The molecule has 1 aliphatic heterocycles. The molecule has 0 aromatic heterocycles. The minimum atomic E-state index is -0.608. The number of nitrogens with zero attached hydrogens (tertiary/aromatic N) is 1. The van der Waals surface area contributed by atoms with Crippen molar-refractivity contribution >= 4 is 6.03 Å². The third kappa shape index (κ3) is 4.64. The summed E-state index contributed by atoms with van der Waals surface area (Å²) in [7, 11) is 0. The number of carbonyl (C=O) groups is 1. The number of hydrogen-bond acceptors (Lipinski definition) is 2. The Morgan fingerprint density at radius 2 is 2.00 bits per heavy atom. The predicted molar refractivity (Wildman–Crippen MR) is 84.1 cm³/mol. The van der Waals surface area contributed by atoms with Gasteiger partial charge in [0.2, 0.25) is 0 Å². The van der Waals surface area contributed by atoms with Gasteiger partial charge < -0.3 is 15.3 Å². The van der Waals surface area contributed by atoms with Crippen LogP contribution in [-0.2, 0) is 0 Å². The second-order valence-electron chi connectivity index (χ2n) is 6.32. The van der Waals surface area contributed by atoms with Crippen LogP contribution in [0.2, 0.25) is 0 Å². The predicted octanol–water partition coefficient (Wildman–Crippen LogP) is 2.87. The Bertz CT molecular complexity index is 543. The third-order valence-corrected chi connectivity index (χ3v) is 4.56. The third-order valence-electron chi connectivity index (χ3n) is 4.56. The number of carbonyl (C=O) groups excluding carboxylic acids is 1. The van der Waals surface area contributed by atoms with Gasteiger partial charge in [0, 0.05) is 31.6 Å². The number of likely N-dealkylation sites (tertiary alicyclic amines) is 1. The highest BCUT2D eigenvalue weighted by molar-refractivity contribution is 5.74. The van der Waals surface area contributed by atoms with Crippen molar-refractivity contribution in [2.75, 3.05) is 19.6 Å². The van der Waals surface area contributed by atoms with Crippen molar-refractivity contribution in [1.29, 1.82) is 0 Å². The van der Waals surface area contributed by atoms with E-state index in [9.17, 15) is 18.7 Å². The molecule has 0 spiro atoms. The van der Waals surface area contributed by atoms with Gasteiger partial charge in [0.25, 0.3) is 0 Å². The van der Waals surface area contributed by atoms with Gasteiger partial charge in [-0.05, 0) is 37.3 Å². The summed E-state index contributed by atoms with van der Waals surface area (Å²) < 4.78 is 26.6. The minimum Gasteiger partial charge on any atom is -0.393 e. The summed E-state index contributed by atoms with van der Waals surface area (Å²) in [6.45, 7) is 5.08. The number of hydrogen-bond donors (Lipinski definition) is 2. The SMILES string of the molecule is CC(CNC(=O)N1CCC(C(C)O)CC1)c1ccc(F)cc1F. The molecule has 2 N–H and O–H groups in total. The summed E-state index contributed by atoms with van der Waals surface area (Å²) in [6.07, 6.45) is 1.22. The molecule has 1 fully saturated rings. The van der Waals surface area contributed by atoms with Gasteiger partial charge in [-0.25, -0.2) is 13.6 Å². The summed E-state index contributed by atoms with van der Waals surface area (Å²) in [4.78, 5) is 13.9. The van der Waals surface area contributed by atoms with E-state index < -0.39 is 11.6 Å². The van der Waals surface area contributed by atoms with E-state index in [1.54, 1.807) is 18.7 Å². The van der Waals surface area contributed by atoms with E-state index in [4.69, 9.17) is 0 Å². The van der Waals surface area contributed by atoms with E-state index in [1.807, 2.05) is 0 Å². The molecule has 0 saturated carbocycles. The average molecular weight is 326 g/mol. The molecule has 1 heterocycles. The first kappa shape index (κ1) is 17.7. The van der Waals surface area contributed by atoms with Crippen LogP contribution in [0.4, 0.5) is 13.6 Å². The van der Waals surface area contributed by atoms with E-state index >= 15 is 0 Å². The summed E-state index contributed by atoms with van der Waals surface area (Å²) in [6, 6.07) is 3.31. The molecule has 1 saturated heterocycles. The Hall–Kier alpha value is -1.69. The highest BCUT2D eigenvalue weighted by Crippen LogP contribution is 2.21. The first-order valence-corrected chi connectivity index (χ1v) is 8.04. The fourth-order valence-electron chi connectivity index (χ4n) is 2.95. The van der Waals surface area contributed by atoms with Gasteiger partial charge in [0.05, 0.1) is 6.10 Å². The quantitative estimate of drug-likeness (QED) is 0.894. The zero-order valence-electron chi connectivity index (χ0n) is 13.6. The van der Waals surface area contributed by atoms with Gasteiger partial charge >= 0.3 is 6.03 Å². The Morgan fingerprint density at radius 1 is 1.35 bits per heavy atom. The van der Waals surface area contributed by atoms with Crippen molar-refractivity contribution in [2.24, 2.45) is 5.92 Å². The summed E-state index contributed by atoms with van der Waals surface area (Å²) in [5.41, 5.74) is 0.388. The molecule has 0 bridgehead atoms. The van der Waals surface area contributed by atoms with Gasteiger partial charge in [-0.1, -0.05) is 13.0 Å². The van der Waals surface area contributed by atoms with Gasteiger partial charge in [-0.15, -0.1) is 0 Å². The molecule has 23 heavy (non-hydrogen) atoms. The standard InChI is InChI=1S/C17H24F2N2O2/c1-11(15-4-3-14(18)9-16(15)19)10-20-17(23)21-7-5-13(6-8-21)12(2)22/h3-4,9,11-13,22H,5-8,10H2,1-2H3,(H,20,23). The number of benzene rings is 1. The molecule has 128 valence electrons. The van der Waals surface area contributed by atoms with Crippen molar-refractivity contribution in [3.8, 4) is 0 Å². The van der Waals surface area contributed by atoms with Gasteiger partial charge in [-0.3, -0.25) is 0 Å². The lowest BCUT2D eigenvalue weighted by molar-refractivity contribution is 0.0798. The number of halogens is 2. The smallest absolute Gasteiger partial charge is 0.317 e. The van der Waals surface area contributed by atoms with Crippen LogP contribution in [0.25, 0.3) is 0 Å². The van der Waals surface area contributed by atoms with Gasteiger partial charge in [0.1, 0.15) is 11.6 Å². The molecule has 2 atom stereocenters. The second-order valence-corrected chi connectivity index (χ2v) is 6.32. The lowest BCUT2D eigenvalue weighted by Gasteiger charge is -2.33. The van der Waals surface area contributed by atoms with E-state index in [2.05, 4.69) is 5.32 Å². The molecule has 2 amide bonds. The normalized spacial score (nSPS) is 18.6. The van der Waals surface area contributed by atoms with Crippen LogP contribution in [0.1, 0.15) is 38.2 Å². The molecular weight excluding hydrogens is 302 g/mol. The molecule has 6 heteroatoms.